The molecule has 382 valence electrons. The highest BCUT2D eigenvalue weighted by Gasteiger charge is 2.47. The van der Waals surface area contributed by atoms with Crippen LogP contribution in [0.15, 0.2) is 95.8 Å². The van der Waals surface area contributed by atoms with Crippen molar-refractivity contribution < 1.29 is 42.1 Å². The number of piperidine rings is 3. The number of carbonyl (C=O) groups is 6. The van der Waals surface area contributed by atoms with E-state index in [2.05, 4.69) is 35.2 Å². The summed E-state index contributed by atoms with van der Waals surface area (Å²) >= 11 is 0. The maximum absolute atomic E-state index is 14.7. The van der Waals surface area contributed by atoms with E-state index in [1.54, 1.807) is 35.5 Å². The van der Waals surface area contributed by atoms with E-state index >= 15 is 0 Å². The summed E-state index contributed by atoms with van der Waals surface area (Å²) in [6.07, 6.45) is 6.05. The van der Waals surface area contributed by atoms with Gasteiger partial charge in [-0.1, -0.05) is 41.6 Å². The maximum atomic E-state index is 14.7. The molecule has 4 aliphatic heterocycles. The maximum Gasteiger partial charge on any atom is 0.264 e. The van der Waals surface area contributed by atoms with Gasteiger partial charge in [-0.2, -0.15) is 0 Å². The number of halogens is 2. The van der Waals surface area contributed by atoms with Crippen LogP contribution in [0.4, 0.5) is 25.8 Å². The predicted molar refractivity (Wildman–Crippen MR) is 271 cm³/mol. The van der Waals surface area contributed by atoms with Gasteiger partial charge in [0.2, 0.25) is 17.7 Å². The lowest BCUT2D eigenvalue weighted by molar-refractivity contribution is -0.149. The number of imide groups is 2. The number of nitrogens with zero attached hydrogens (tertiary/aromatic N) is 9. The first kappa shape index (κ1) is 48.7. The fourth-order valence-corrected chi connectivity index (χ4v) is 11.0. The van der Waals surface area contributed by atoms with Crippen LogP contribution in [0, 0.1) is 25.5 Å². The van der Waals surface area contributed by atoms with Crippen molar-refractivity contribution in [2.45, 2.75) is 83.5 Å². The largest absolute Gasteiger partial charge is 0.380 e. The summed E-state index contributed by atoms with van der Waals surface area (Å²) in [6, 6.07) is 20.4. The van der Waals surface area contributed by atoms with E-state index in [9.17, 15) is 37.5 Å². The number of nitrogens with one attached hydrogen (secondary N) is 2. The van der Waals surface area contributed by atoms with Gasteiger partial charge in [-0.05, 0) is 93.5 Å². The molecule has 6 amide bonds. The van der Waals surface area contributed by atoms with E-state index in [0.717, 1.165) is 60.9 Å². The average Bonchev–Trinajstić information content (AvgIpc) is 4.05. The molecule has 11 rings (SSSR count). The molecule has 3 saturated heterocycles. The van der Waals surface area contributed by atoms with Gasteiger partial charge in [0, 0.05) is 74.1 Å². The van der Waals surface area contributed by atoms with Crippen molar-refractivity contribution in [2.75, 3.05) is 42.2 Å². The number of fused-ring (bicyclic) bond motifs is 2. The Bertz CT molecular complexity index is 3440. The van der Waals surface area contributed by atoms with E-state index in [1.807, 2.05) is 56.3 Å². The van der Waals surface area contributed by atoms with Gasteiger partial charge in [0.05, 0.1) is 58.5 Å². The van der Waals surface area contributed by atoms with Crippen molar-refractivity contribution in [1.29, 1.82) is 0 Å². The van der Waals surface area contributed by atoms with Crippen molar-refractivity contribution >= 4 is 63.5 Å². The van der Waals surface area contributed by atoms with Crippen LogP contribution in [0.3, 0.4) is 0 Å². The molecule has 4 aromatic carbocycles. The molecule has 75 heavy (non-hydrogen) atoms. The van der Waals surface area contributed by atoms with E-state index in [-0.39, 0.29) is 66.4 Å². The summed E-state index contributed by atoms with van der Waals surface area (Å²) < 4.78 is 36.5. The van der Waals surface area contributed by atoms with Crippen LogP contribution in [0.5, 0.6) is 0 Å². The van der Waals surface area contributed by atoms with Crippen LogP contribution in [-0.4, -0.2) is 108 Å². The molecule has 0 spiro atoms. The minimum Gasteiger partial charge on any atom is -0.380 e. The Morgan fingerprint density at radius 2 is 1.53 bits per heavy atom. The van der Waals surface area contributed by atoms with Gasteiger partial charge in [-0.25, -0.2) is 23.7 Å². The van der Waals surface area contributed by atoms with Crippen LogP contribution in [0.2, 0.25) is 0 Å². The molecule has 3 fully saturated rings. The highest BCUT2D eigenvalue weighted by atomic mass is 19.2. The van der Waals surface area contributed by atoms with Crippen molar-refractivity contribution in [1.82, 2.24) is 39.4 Å². The molecule has 7 aromatic rings. The van der Waals surface area contributed by atoms with Crippen LogP contribution >= 0.6 is 0 Å². The molecular weight excluding hydrogens is 965 g/mol. The third kappa shape index (κ3) is 9.08. The Morgan fingerprint density at radius 3 is 2.27 bits per heavy atom. The van der Waals surface area contributed by atoms with Gasteiger partial charge >= 0.3 is 0 Å². The van der Waals surface area contributed by atoms with Crippen LogP contribution in [-0.2, 0) is 25.7 Å². The predicted octanol–water partition coefficient (Wildman–Crippen LogP) is 7.93. The molecule has 2 atom stereocenters. The Hall–Kier alpha value is -8.52. The summed E-state index contributed by atoms with van der Waals surface area (Å²) in [4.78, 5) is 98.9. The molecule has 4 aliphatic rings. The van der Waals surface area contributed by atoms with Gasteiger partial charge < -0.3 is 24.6 Å². The topological polar surface area (TPSA) is 209 Å². The number of hydrogen-bond acceptors (Lipinski definition) is 13. The quantitative estimate of drug-likeness (QED) is 0.112. The van der Waals surface area contributed by atoms with Crippen LogP contribution in [0.1, 0.15) is 101 Å². The first-order chi connectivity index (χ1) is 36.2. The van der Waals surface area contributed by atoms with Gasteiger partial charge in [0.15, 0.2) is 17.5 Å². The Labute approximate surface area is 428 Å². The molecule has 0 aliphatic carbocycles. The standard InChI is InChI=1S/C55H51F2N11O7/c1-30-49(31(2)75-63-30)34-14-17-43-42(24-34)62-52(44-8-5-9-48(71)66(44)37-15-16-39(56)40(57)25-37)67(43)36-20-22-65(23-21-36)29-46(69)61-35-27-59-51(60-28-35)33-12-10-32(11-13-33)26-58-41-7-4-6-38-50(41)55(74)68(53(38)72)45-18-19-47(70)64(3)54(45)73/h4,6-7,10-17,24-25,27-28,36,44-45,58H,5,8-9,18-23,26,29H2,1-3H3,(H,61,69)/t44-,45?/m0/s1. The normalized spacial score (nSPS) is 18.6. The highest BCUT2D eigenvalue weighted by Crippen LogP contribution is 2.41. The third-order valence-corrected chi connectivity index (χ3v) is 14.8. The Morgan fingerprint density at radius 1 is 0.773 bits per heavy atom. The summed E-state index contributed by atoms with van der Waals surface area (Å²) in [5.74, 6) is -2.74. The molecule has 0 saturated carbocycles. The van der Waals surface area contributed by atoms with E-state index in [0.29, 0.717) is 74.1 Å². The van der Waals surface area contributed by atoms with Crippen molar-refractivity contribution in [3.05, 3.63) is 137 Å². The smallest absolute Gasteiger partial charge is 0.264 e. The van der Waals surface area contributed by atoms with E-state index < -0.39 is 41.4 Å². The van der Waals surface area contributed by atoms with Crippen LogP contribution < -0.4 is 15.5 Å². The highest BCUT2D eigenvalue weighted by molar-refractivity contribution is 6.25. The fourth-order valence-electron chi connectivity index (χ4n) is 11.0. The Kier molecular flexibility index (Phi) is 12.8. The Balaban J connectivity index is 0.728. The molecule has 0 radical (unpaired) electrons. The summed E-state index contributed by atoms with van der Waals surface area (Å²) in [5.41, 5.74) is 7.25. The lowest BCUT2D eigenvalue weighted by Gasteiger charge is -2.38. The van der Waals surface area contributed by atoms with Gasteiger partial charge in [0.1, 0.15) is 17.6 Å². The number of benzene rings is 4. The zero-order valence-corrected chi connectivity index (χ0v) is 41.3. The molecule has 3 aromatic heterocycles. The number of imidazole rings is 1. The van der Waals surface area contributed by atoms with E-state index in [1.165, 1.54) is 13.1 Å². The fraction of sp³-hybridized carbons (Fsp3) is 0.309. The SMILES string of the molecule is Cc1noc(C)c1-c1ccc2c(c1)nc([C@@H]1CCCC(=O)N1c1ccc(F)c(F)c1)n2C1CCN(CC(=O)Nc2cnc(-c3ccc(CNc4cccc5c4C(=O)N(C4CCC(=O)N(C)C4=O)C5=O)cc3)nc2)CC1. The minimum atomic E-state index is -1.05. The average molecular weight is 1020 g/mol. The first-order valence-electron chi connectivity index (χ1n) is 24.9. The number of hydrogen-bond donors (Lipinski definition) is 2. The first-order valence-corrected chi connectivity index (χ1v) is 24.9. The lowest BCUT2D eigenvalue weighted by Crippen LogP contribution is -2.54. The number of rotatable bonds is 12. The number of carbonyl (C=O) groups excluding carboxylic acids is 6. The molecule has 0 bridgehead atoms. The number of aromatic nitrogens is 5. The molecular formula is C55H51F2N11O7. The molecule has 1 unspecified atom stereocenters. The summed E-state index contributed by atoms with van der Waals surface area (Å²) in [7, 11) is 1.35. The molecule has 2 N–H and O–H groups in total. The zero-order chi connectivity index (χ0) is 52.2. The second-order valence-corrected chi connectivity index (χ2v) is 19.5. The molecule has 7 heterocycles. The van der Waals surface area contributed by atoms with Gasteiger partial charge in [-0.15, -0.1) is 0 Å². The number of anilines is 3. The second kappa shape index (κ2) is 19.7. The van der Waals surface area contributed by atoms with Gasteiger partial charge in [-0.3, -0.25) is 43.5 Å². The number of likely N-dealkylation sites (tertiary alicyclic amines) is 2. The number of amides is 6. The van der Waals surface area contributed by atoms with Crippen molar-refractivity contribution in [2.24, 2.45) is 0 Å². The van der Waals surface area contributed by atoms with E-state index in [4.69, 9.17) is 9.51 Å². The zero-order valence-electron chi connectivity index (χ0n) is 41.3. The second-order valence-electron chi connectivity index (χ2n) is 19.5. The third-order valence-electron chi connectivity index (χ3n) is 14.8. The van der Waals surface area contributed by atoms with Crippen molar-refractivity contribution in [3.63, 3.8) is 0 Å². The van der Waals surface area contributed by atoms with Gasteiger partial charge in [0.25, 0.3) is 17.7 Å². The lowest BCUT2D eigenvalue weighted by atomic mass is 9.98. The summed E-state index contributed by atoms with van der Waals surface area (Å²) in [5, 5.41) is 10.3. The molecule has 20 heteroatoms. The molecule has 18 nitrogen and oxygen atoms in total. The monoisotopic (exact) mass is 1020 g/mol. The summed E-state index contributed by atoms with van der Waals surface area (Å²) in [6.45, 7) is 5.39. The van der Waals surface area contributed by atoms with Crippen LogP contribution in [0.25, 0.3) is 33.5 Å². The number of likely N-dealkylation sites (N-methyl/N-ethyl adjacent to an activating group) is 1. The minimum absolute atomic E-state index is 0.0452. The van der Waals surface area contributed by atoms with Crippen molar-refractivity contribution in [3.8, 4) is 22.5 Å². The number of aryl methyl sites for hydroxylation is 2.